The Labute approximate surface area is 201 Å². The van der Waals surface area contributed by atoms with Gasteiger partial charge in [-0.15, -0.1) is 0 Å². The van der Waals surface area contributed by atoms with E-state index < -0.39 is 0 Å². The molecule has 0 aliphatic carbocycles. The highest BCUT2D eigenvalue weighted by Crippen LogP contribution is 2.43. The Bertz CT molecular complexity index is 1030. The first kappa shape index (κ1) is 22.4. The molecule has 34 heavy (non-hydrogen) atoms. The fraction of sp³-hybridized carbons (Fsp3) is 0.462. The molecule has 0 N–H and O–H groups in total. The van der Waals surface area contributed by atoms with Crippen molar-refractivity contribution >= 4 is 23.4 Å². The van der Waals surface area contributed by atoms with Crippen molar-refractivity contribution in [3.8, 4) is 0 Å². The lowest BCUT2D eigenvalue weighted by Gasteiger charge is -2.38. The third-order valence-electron chi connectivity index (χ3n) is 8.02. The summed E-state index contributed by atoms with van der Waals surface area (Å²) in [6, 6.07) is 17.8. The van der Waals surface area contributed by atoms with Gasteiger partial charge in [-0.1, -0.05) is 36.4 Å². The van der Waals surface area contributed by atoms with Crippen LogP contribution in [0.15, 0.2) is 48.5 Å². The number of rotatable bonds is 0. The largest absolute Gasteiger partial charge is 0.372 e. The van der Waals surface area contributed by atoms with Crippen LogP contribution in [0.25, 0.3) is 0 Å². The zero-order chi connectivity index (χ0) is 24.3. The SMILES string of the molecule is CN1C[C@@H]2[C@H](c3ccccc31)N(C)C(=O)N2C.CN1C[C@H]2[C@@H](c3ccccc31)N(C)C(=O)N2C. The molecule has 0 bridgehead atoms. The summed E-state index contributed by atoms with van der Waals surface area (Å²) in [5, 5.41) is 0. The predicted octanol–water partition coefficient (Wildman–Crippen LogP) is 3.09. The van der Waals surface area contributed by atoms with E-state index in [2.05, 4.69) is 60.3 Å². The first-order chi connectivity index (χ1) is 16.2. The van der Waals surface area contributed by atoms with Gasteiger partial charge in [0.2, 0.25) is 0 Å². The van der Waals surface area contributed by atoms with Gasteiger partial charge >= 0.3 is 12.1 Å². The van der Waals surface area contributed by atoms with Gasteiger partial charge < -0.3 is 29.4 Å². The Morgan fingerprint density at radius 1 is 0.559 bits per heavy atom. The van der Waals surface area contributed by atoms with Crippen LogP contribution in [0.3, 0.4) is 0 Å². The fourth-order valence-corrected chi connectivity index (χ4v) is 6.16. The number of para-hydroxylation sites is 2. The highest BCUT2D eigenvalue weighted by Gasteiger charge is 2.47. The van der Waals surface area contributed by atoms with Crippen LogP contribution in [0.4, 0.5) is 21.0 Å². The molecule has 4 aliphatic heterocycles. The van der Waals surface area contributed by atoms with Crippen molar-refractivity contribution in [1.82, 2.24) is 19.6 Å². The van der Waals surface area contributed by atoms with Gasteiger partial charge in [-0.3, -0.25) is 0 Å². The number of carbonyl (C=O) groups excluding carboxylic acids is 2. The van der Waals surface area contributed by atoms with E-state index in [1.54, 1.807) is 0 Å². The van der Waals surface area contributed by atoms with Crippen molar-refractivity contribution in [3.05, 3.63) is 59.7 Å². The van der Waals surface area contributed by atoms with Crippen LogP contribution in [0.5, 0.6) is 0 Å². The molecule has 0 spiro atoms. The van der Waals surface area contributed by atoms with Gasteiger partial charge in [0.15, 0.2) is 0 Å². The number of hydrogen-bond acceptors (Lipinski definition) is 4. The summed E-state index contributed by atoms with van der Waals surface area (Å²) in [4.78, 5) is 35.9. The van der Waals surface area contributed by atoms with Crippen molar-refractivity contribution in [3.63, 3.8) is 0 Å². The van der Waals surface area contributed by atoms with Gasteiger partial charge in [-0.25, -0.2) is 9.59 Å². The number of fused-ring (bicyclic) bond motifs is 6. The predicted molar refractivity (Wildman–Crippen MR) is 134 cm³/mol. The number of nitrogens with zero attached hydrogens (tertiary/aromatic N) is 6. The minimum Gasteiger partial charge on any atom is -0.372 e. The van der Waals surface area contributed by atoms with Crippen molar-refractivity contribution in [2.75, 3.05) is 65.2 Å². The molecule has 2 aromatic carbocycles. The average molecular weight is 463 g/mol. The van der Waals surface area contributed by atoms with E-state index in [0.717, 1.165) is 13.1 Å². The maximum absolute atomic E-state index is 12.0. The lowest BCUT2D eigenvalue weighted by molar-refractivity contribution is 0.199. The van der Waals surface area contributed by atoms with Gasteiger partial charge in [0.05, 0.1) is 24.2 Å². The normalized spacial score (nSPS) is 27.2. The Balaban J connectivity index is 0.000000142. The number of benzene rings is 2. The Morgan fingerprint density at radius 3 is 1.29 bits per heavy atom. The molecule has 2 aromatic rings. The molecule has 2 fully saturated rings. The highest BCUT2D eigenvalue weighted by atomic mass is 16.2. The maximum Gasteiger partial charge on any atom is 0.320 e. The van der Waals surface area contributed by atoms with Gasteiger partial charge in [0, 0.05) is 77.9 Å². The van der Waals surface area contributed by atoms with Crippen LogP contribution in [0.2, 0.25) is 0 Å². The Hall–Kier alpha value is -3.42. The molecule has 4 amide bonds. The lowest BCUT2D eigenvalue weighted by Crippen LogP contribution is -2.44. The molecule has 4 atom stereocenters. The molecular weight excluding hydrogens is 428 g/mol. The zero-order valence-corrected chi connectivity index (χ0v) is 20.8. The number of urea groups is 2. The molecule has 4 aliphatic rings. The summed E-state index contributed by atoms with van der Waals surface area (Å²) < 4.78 is 0. The first-order valence-electron chi connectivity index (χ1n) is 11.8. The second-order valence-electron chi connectivity index (χ2n) is 9.91. The average Bonchev–Trinajstić information content (AvgIpc) is 3.19. The molecule has 0 aromatic heterocycles. The van der Waals surface area contributed by atoms with Gasteiger partial charge in [0.25, 0.3) is 0 Å². The third kappa shape index (κ3) is 3.19. The van der Waals surface area contributed by atoms with E-state index in [-0.39, 0.29) is 36.2 Å². The molecule has 8 heteroatoms. The minimum atomic E-state index is 0.116. The molecule has 0 unspecified atom stereocenters. The molecule has 6 rings (SSSR count). The van der Waals surface area contributed by atoms with Crippen LogP contribution in [0.1, 0.15) is 23.2 Å². The van der Waals surface area contributed by atoms with E-state index in [1.807, 2.05) is 59.9 Å². The van der Waals surface area contributed by atoms with E-state index in [9.17, 15) is 9.59 Å². The van der Waals surface area contributed by atoms with E-state index in [4.69, 9.17) is 0 Å². The monoisotopic (exact) mass is 462 g/mol. The molecule has 8 nitrogen and oxygen atoms in total. The molecule has 0 radical (unpaired) electrons. The summed E-state index contributed by atoms with van der Waals surface area (Å²) in [5.74, 6) is 0. The smallest absolute Gasteiger partial charge is 0.320 e. The summed E-state index contributed by atoms with van der Waals surface area (Å²) in [5.41, 5.74) is 4.99. The van der Waals surface area contributed by atoms with Crippen LogP contribution in [0, 0.1) is 0 Å². The number of anilines is 2. The number of carbonyl (C=O) groups is 2. The number of hydrogen-bond donors (Lipinski definition) is 0. The molecule has 4 heterocycles. The van der Waals surface area contributed by atoms with Crippen LogP contribution in [-0.4, -0.2) is 99.1 Å². The Kier molecular flexibility index (Phi) is 5.34. The van der Waals surface area contributed by atoms with E-state index in [1.165, 1.54) is 22.5 Å². The summed E-state index contributed by atoms with van der Waals surface area (Å²) in [6.07, 6.45) is 0. The van der Waals surface area contributed by atoms with Crippen LogP contribution >= 0.6 is 0 Å². The highest BCUT2D eigenvalue weighted by molar-refractivity contribution is 5.80. The first-order valence-corrected chi connectivity index (χ1v) is 11.8. The fourth-order valence-electron chi connectivity index (χ4n) is 6.16. The summed E-state index contributed by atoms with van der Waals surface area (Å²) in [6.45, 7) is 1.79. The van der Waals surface area contributed by atoms with E-state index >= 15 is 0 Å². The van der Waals surface area contributed by atoms with Crippen molar-refractivity contribution in [2.24, 2.45) is 0 Å². The standard InChI is InChI=1S/2C13H17N3O/c2*1-14-8-11-12(16(3)13(17)15(11)2)9-6-4-5-7-10(9)14/h2*4-7,11-12H,8H2,1-3H3/t2*11-,12+/m10/s1. The zero-order valence-electron chi connectivity index (χ0n) is 20.8. The van der Waals surface area contributed by atoms with Crippen molar-refractivity contribution in [1.29, 1.82) is 0 Å². The Morgan fingerprint density at radius 2 is 0.912 bits per heavy atom. The second-order valence-corrected chi connectivity index (χ2v) is 9.91. The maximum atomic E-state index is 12.0. The lowest BCUT2D eigenvalue weighted by atomic mass is 9.93. The third-order valence-corrected chi connectivity index (χ3v) is 8.02. The number of likely N-dealkylation sites (N-methyl/N-ethyl adjacent to an activating group) is 6. The van der Waals surface area contributed by atoms with Crippen LogP contribution in [-0.2, 0) is 0 Å². The van der Waals surface area contributed by atoms with Gasteiger partial charge in [0.1, 0.15) is 0 Å². The molecule has 180 valence electrons. The van der Waals surface area contributed by atoms with Gasteiger partial charge in [-0.2, -0.15) is 0 Å². The van der Waals surface area contributed by atoms with Gasteiger partial charge in [-0.05, 0) is 12.1 Å². The topological polar surface area (TPSA) is 53.6 Å². The van der Waals surface area contributed by atoms with Crippen molar-refractivity contribution < 1.29 is 9.59 Å². The molecule has 0 saturated carbocycles. The summed E-state index contributed by atoms with van der Waals surface area (Å²) >= 11 is 0. The minimum absolute atomic E-state index is 0.116. The quantitative estimate of drug-likeness (QED) is 0.604. The molecule has 2 saturated heterocycles. The van der Waals surface area contributed by atoms with Crippen molar-refractivity contribution in [2.45, 2.75) is 24.2 Å². The summed E-state index contributed by atoms with van der Waals surface area (Å²) in [7, 11) is 11.8. The van der Waals surface area contributed by atoms with E-state index in [0.29, 0.717) is 0 Å². The molecular formula is C26H34N6O2. The van der Waals surface area contributed by atoms with Crippen LogP contribution < -0.4 is 9.80 Å². The number of amides is 4. The second kappa shape index (κ2) is 8.11.